The van der Waals surface area contributed by atoms with Crippen LogP contribution in [0.4, 0.5) is 5.69 Å². The monoisotopic (exact) mass is 202 g/mol. The van der Waals surface area contributed by atoms with Crippen LogP contribution in [0.25, 0.3) is 0 Å². The van der Waals surface area contributed by atoms with Crippen LogP contribution < -0.4 is 5.73 Å². The maximum atomic E-state index is 5.86. The molecule has 0 radical (unpaired) electrons. The topological polar surface area (TPSA) is 48.8 Å². The van der Waals surface area contributed by atoms with E-state index in [-0.39, 0.29) is 0 Å². The van der Waals surface area contributed by atoms with Gasteiger partial charge in [0.05, 0.1) is 17.4 Å². The molecule has 2 aromatic heterocycles. The van der Waals surface area contributed by atoms with E-state index >= 15 is 0 Å². The molecule has 0 bridgehead atoms. The summed E-state index contributed by atoms with van der Waals surface area (Å²) in [6.45, 7) is 3.04. The van der Waals surface area contributed by atoms with Crippen molar-refractivity contribution in [1.82, 2.24) is 14.3 Å². The van der Waals surface area contributed by atoms with Gasteiger partial charge >= 0.3 is 0 Å². The van der Waals surface area contributed by atoms with E-state index in [4.69, 9.17) is 5.73 Å². The lowest BCUT2D eigenvalue weighted by Gasteiger charge is -2.10. The number of hydrogen-bond donors (Lipinski definition) is 1. The second-order valence-corrected chi connectivity index (χ2v) is 4.13. The highest BCUT2D eigenvalue weighted by atomic mass is 15.3. The summed E-state index contributed by atoms with van der Waals surface area (Å²) < 4.78 is 4.27. The van der Waals surface area contributed by atoms with Crippen molar-refractivity contribution in [1.29, 1.82) is 0 Å². The van der Waals surface area contributed by atoms with Gasteiger partial charge < -0.3 is 10.3 Å². The third-order valence-corrected chi connectivity index (χ3v) is 3.15. The van der Waals surface area contributed by atoms with E-state index in [0.29, 0.717) is 6.04 Å². The number of nitrogen functional groups attached to an aromatic ring is 1. The van der Waals surface area contributed by atoms with Gasteiger partial charge in [-0.05, 0) is 25.0 Å². The molecule has 4 heteroatoms. The summed E-state index contributed by atoms with van der Waals surface area (Å²) in [5, 5.41) is 4.27. The number of rotatable bonds is 1. The Morgan fingerprint density at radius 3 is 3.07 bits per heavy atom. The average Bonchev–Trinajstić information content (AvgIpc) is 2.81. The first-order valence-electron chi connectivity index (χ1n) is 5.21. The van der Waals surface area contributed by atoms with Crippen LogP contribution in [0.3, 0.4) is 0 Å². The lowest BCUT2D eigenvalue weighted by molar-refractivity contribution is 0.572. The first-order chi connectivity index (χ1) is 7.25. The van der Waals surface area contributed by atoms with E-state index < -0.39 is 0 Å². The molecule has 78 valence electrons. The molecule has 1 aliphatic rings. The number of fused-ring (bicyclic) bond motifs is 1. The molecule has 0 aromatic carbocycles. The summed E-state index contributed by atoms with van der Waals surface area (Å²) in [6.07, 6.45) is 7.10. The van der Waals surface area contributed by atoms with E-state index in [1.807, 2.05) is 19.3 Å². The summed E-state index contributed by atoms with van der Waals surface area (Å²) in [6, 6.07) is 2.49. The highest BCUT2D eigenvalue weighted by Crippen LogP contribution is 2.30. The Kier molecular flexibility index (Phi) is 1.65. The van der Waals surface area contributed by atoms with Crippen LogP contribution in [0.2, 0.25) is 0 Å². The zero-order chi connectivity index (χ0) is 10.4. The maximum absolute atomic E-state index is 5.86. The van der Waals surface area contributed by atoms with Gasteiger partial charge in [-0.2, -0.15) is 5.10 Å². The van der Waals surface area contributed by atoms with E-state index in [2.05, 4.69) is 26.6 Å². The predicted octanol–water partition coefficient (Wildman–Crippen LogP) is 1.57. The molecule has 0 aliphatic carbocycles. The Hall–Kier alpha value is -1.71. The van der Waals surface area contributed by atoms with Crippen molar-refractivity contribution < 1.29 is 0 Å². The molecule has 0 spiro atoms. The quantitative estimate of drug-likeness (QED) is 0.763. The fraction of sp³-hybridized carbons (Fsp3) is 0.364. The minimum atomic E-state index is 0.406. The van der Waals surface area contributed by atoms with Crippen LogP contribution in [0, 0.1) is 6.92 Å². The number of aryl methyl sites for hydroxylation is 2. The van der Waals surface area contributed by atoms with Crippen molar-refractivity contribution in [2.24, 2.45) is 0 Å². The van der Waals surface area contributed by atoms with E-state index in [9.17, 15) is 0 Å². The fourth-order valence-corrected chi connectivity index (χ4v) is 2.28. The SMILES string of the molecule is Cc1cn(C2CCn3nccc32)cc1N. The lowest BCUT2D eigenvalue weighted by Crippen LogP contribution is -2.04. The lowest BCUT2D eigenvalue weighted by atomic mass is 10.2. The fourth-order valence-electron chi connectivity index (χ4n) is 2.28. The van der Waals surface area contributed by atoms with Crippen LogP contribution in [0.1, 0.15) is 23.7 Å². The van der Waals surface area contributed by atoms with E-state index in [0.717, 1.165) is 24.2 Å². The molecule has 2 N–H and O–H groups in total. The number of anilines is 1. The molecule has 2 aromatic rings. The second-order valence-electron chi connectivity index (χ2n) is 4.13. The molecular formula is C11H14N4. The van der Waals surface area contributed by atoms with Crippen LogP contribution in [0.5, 0.6) is 0 Å². The largest absolute Gasteiger partial charge is 0.397 e. The van der Waals surface area contributed by atoms with Gasteiger partial charge in [0.25, 0.3) is 0 Å². The summed E-state index contributed by atoms with van der Waals surface area (Å²) in [5.74, 6) is 0. The van der Waals surface area contributed by atoms with Gasteiger partial charge in [-0.15, -0.1) is 0 Å². The zero-order valence-electron chi connectivity index (χ0n) is 8.72. The van der Waals surface area contributed by atoms with Crippen LogP contribution >= 0.6 is 0 Å². The smallest absolute Gasteiger partial charge is 0.0766 e. The summed E-state index contributed by atoms with van der Waals surface area (Å²) in [5.41, 5.74) is 9.16. The second kappa shape index (κ2) is 2.89. The Morgan fingerprint density at radius 2 is 2.33 bits per heavy atom. The van der Waals surface area contributed by atoms with Crippen molar-refractivity contribution in [3.63, 3.8) is 0 Å². The minimum Gasteiger partial charge on any atom is -0.397 e. The average molecular weight is 202 g/mol. The molecule has 3 heterocycles. The van der Waals surface area contributed by atoms with Crippen molar-refractivity contribution in [3.8, 4) is 0 Å². The molecule has 0 fully saturated rings. The van der Waals surface area contributed by atoms with Crippen molar-refractivity contribution >= 4 is 5.69 Å². The Morgan fingerprint density at radius 1 is 1.47 bits per heavy atom. The molecule has 0 saturated heterocycles. The number of aromatic nitrogens is 3. The van der Waals surface area contributed by atoms with Crippen LogP contribution in [0.15, 0.2) is 24.7 Å². The van der Waals surface area contributed by atoms with Gasteiger partial charge in [0.2, 0.25) is 0 Å². The van der Waals surface area contributed by atoms with Gasteiger partial charge in [0.1, 0.15) is 0 Å². The van der Waals surface area contributed by atoms with E-state index in [1.54, 1.807) is 0 Å². The Labute approximate surface area is 88.3 Å². The van der Waals surface area contributed by atoms with Crippen molar-refractivity contribution in [2.45, 2.75) is 25.9 Å². The van der Waals surface area contributed by atoms with Crippen molar-refractivity contribution in [2.75, 3.05) is 5.73 Å². The highest BCUT2D eigenvalue weighted by Gasteiger charge is 2.24. The van der Waals surface area contributed by atoms with E-state index in [1.165, 1.54) is 5.69 Å². The summed E-state index contributed by atoms with van der Waals surface area (Å²) in [4.78, 5) is 0. The van der Waals surface area contributed by atoms with Gasteiger partial charge in [0.15, 0.2) is 0 Å². The van der Waals surface area contributed by atoms with Gasteiger partial charge in [0, 0.05) is 25.1 Å². The van der Waals surface area contributed by atoms with Crippen molar-refractivity contribution in [3.05, 3.63) is 35.9 Å². The highest BCUT2D eigenvalue weighted by molar-refractivity contribution is 5.44. The number of nitrogens with zero attached hydrogens (tertiary/aromatic N) is 3. The van der Waals surface area contributed by atoms with Gasteiger partial charge in [-0.1, -0.05) is 0 Å². The molecule has 1 aliphatic heterocycles. The van der Waals surface area contributed by atoms with Crippen LogP contribution in [-0.2, 0) is 6.54 Å². The third kappa shape index (κ3) is 1.17. The molecule has 1 unspecified atom stereocenters. The van der Waals surface area contributed by atoms with Crippen LogP contribution in [-0.4, -0.2) is 14.3 Å². The Bertz CT molecular complexity index is 475. The van der Waals surface area contributed by atoms with Gasteiger partial charge in [-0.25, -0.2) is 0 Å². The molecule has 0 amide bonds. The molecule has 0 saturated carbocycles. The van der Waals surface area contributed by atoms with Gasteiger partial charge in [-0.3, -0.25) is 4.68 Å². The maximum Gasteiger partial charge on any atom is 0.0766 e. The summed E-state index contributed by atoms with van der Waals surface area (Å²) in [7, 11) is 0. The predicted molar refractivity (Wildman–Crippen MR) is 58.6 cm³/mol. The first kappa shape index (κ1) is 8.59. The Balaban J connectivity index is 2.03. The third-order valence-electron chi connectivity index (χ3n) is 3.15. The first-order valence-corrected chi connectivity index (χ1v) is 5.21. The molecular weight excluding hydrogens is 188 g/mol. The molecule has 4 nitrogen and oxygen atoms in total. The molecule has 3 rings (SSSR count). The number of hydrogen-bond acceptors (Lipinski definition) is 2. The normalized spacial score (nSPS) is 19.4. The summed E-state index contributed by atoms with van der Waals surface area (Å²) >= 11 is 0. The number of nitrogens with two attached hydrogens (primary N) is 1. The standard InChI is InChI=1S/C11H14N4/c1-8-6-14(7-9(8)12)10-3-5-15-11(10)2-4-13-15/h2,4,6-7,10H,3,5,12H2,1H3. The zero-order valence-corrected chi connectivity index (χ0v) is 8.72. The minimum absolute atomic E-state index is 0.406. The molecule has 15 heavy (non-hydrogen) atoms. The molecule has 1 atom stereocenters.